The topological polar surface area (TPSA) is 62.0 Å². The molecule has 0 amide bonds. The zero-order chi connectivity index (χ0) is 20.5. The van der Waals surface area contributed by atoms with Crippen molar-refractivity contribution in [2.45, 2.75) is 15.3 Å². The third kappa shape index (κ3) is 3.91. The fourth-order valence-electron chi connectivity index (χ4n) is 3.32. The van der Waals surface area contributed by atoms with Gasteiger partial charge in [-0.15, -0.1) is 0 Å². The van der Waals surface area contributed by atoms with Gasteiger partial charge in [-0.1, -0.05) is 89.9 Å². The SMILES string of the molecule is O=S(=O)(NC(c1c[nH]c2ccccc12)C(Cl)(Cl)c1ccccc1)c1ccccc1. The molecule has 2 N–H and O–H groups in total. The first kappa shape index (κ1) is 20.0. The number of hydrogen-bond acceptors (Lipinski definition) is 2. The Kier molecular flexibility index (Phi) is 5.40. The molecule has 0 aliphatic carbocycles. The van der Waals surface area contributed by atoms with Gasteiger partial charge in [-0.05, 0) is 29.3 Å². The predicted molar refractivity (Wildman–Crippen MR) is 118 cm³/mol. The molecular weight excluding hydrogens is 427 g/mol. The maximum Gasteiger partial charge on any atom is 0.241 e. The van der Waals surface area contributed by atoms with Gasteiger partial charge in [-0.25, -0.2) is 13.1 Å². The highest BCUT2D eigenvalue weighted by Crippen LogP contribution is 2.47. The summed E-state index contributed by atoms with van der Waals surface area (Å²) < 4.78 is 27.4. The molecule has 0 saturated heterocycles. The Morgan fingerprint density at radius 2 is 1.41 bits per heavy atom. The van der Waals surface area contributed by atoms with Crippen LogP contribution in [0.25, 0.3) is 10.9 Å². The number of hydrogen-bond donors (Lipinski definition) is 2. The van der Waals surface area contributed by atoms with Crippen molar-refractivity contribution in [3.63, 3.8) is 0 Å². The number of sulfonamides is 1. The van der Waals surface area contributed by atoms with Crippen LogP contribution in [0.5, 0.6) is 0 Å². The van der Waals surface area contributed by atoms with Crippen LogP contribution in [-0.4, -0.2) is 13.4 Å². The Morgan fingerprint density at radius 1 is 0.828 bits per heavy atom. The van der Waals surface area contributed by atoms with Crippen molar-refractivity contribution in [3.8, 4) is 0 Å². The number of aromatic amines is 1. The number of H-pyrrole nitrogens is 1. The van der Waals surface area contributed by atoms with Crippen LogP contribution >= 0.6 is 23.2 Å². The summed E-state index contributed by atoms with van der Waals surface area (Å²) in [5.74, 6) is 0. The number of nitrogens with one attached hydrogen (secondary N) is 2. The molecule has 0 saturated carbocycles. The van der Waals surface area contributed by atoms with Crippen LogP contribution < -0.4 is 4.72 Å². The second-order valence-corrected chi connectivity index (χ2v) is 9.75. The van der Waals surface area contributed by atoms with E-state index in [0.29, 0.717) is 11.1 Å². The predicted octanol–water partition coefficient (Wildman–Crippen LogP) is 5.52. The first-order valence-corrected chi connectivity index (χ1v) is 11.2. The Labute approximate surface area is 179 Å². The molecule has 3 aromatic carbocycles. The average Bonchev–Trinajstić information content (AvgIpc) is 3.17. The minimum absolute atomic E-state index is 0.141. The van der Waals surface area contributed by atoms with E-state index in [2.05, 4.69) is 9.71 Å². The Morgan fingerprint density at radius 3 is 2.10 bits per heavy atom. The van der Waals surface area contributed by atoms with Gasteiger partial charge in [-0.2, -0.15) is 0 Å². The summed E-state index contributed by atoms with van der Waals surface area (Å²) in [5, 5.41) is 0.842. The van der Waals surface area contributed by atoms with E-state index in [1.165, 1.54) is 12.1 Å². The first-order valence-electron chi connectivity index (χ1n) is 8.96. The van der Waals surface area contributed by atoms with Gasteiger partial charge in [0.2, 0.25) is 10.0 Å². The Bertz CT molecular complexity index is 1220. The lowest BCUT2D eigenvalue weighted by atomic mass is 9.98. The van der Waals surface area contributed by atoms with E-state index in [9.17, 15) is 8.42 Å². The van der Waals surface area contributed by atoms with Crippen molar-refractivity contribution in [1.82, 2.24) is 9.71 Å². The van der Waals surface area contributed by atoms with Crippen molar-refractivity contribution in [1.29, 1.82) is 0 Å². The maximum absolute atomic E-state index is 13.1. The highest BCUT2D eigenvalue weighted by molar-refractivity contribution is 7.89. The highest BCUT2D eigenvalue weighted by atomic mass is 35.5. The summed E-state index contributed by atoms with van der Waals surface area (Å²) in [6.45, 7) is 0. The van der Waals surface area contributed by atoms with E-state index in [4.69, 9.17) is 23.2 Å². The minimum Gasteiger partial charge on any atom is -0.361 e. The number of para-hydroxylation sites is 1. The second-order valence-electron chi connectivity index (χ2n) is 6.65. The zero-order valence-corrected chi connectivity index (χ0v) is 17.5. The quantitative estimate of drug-likeness (QED) is 0.384. The molecule has 4 aromatic rings. The third-order valence-corrected chi connectivity index (χ3v) is 7.09. The summed E-state index contributed by atoms with van der Waals surface area (Å²) in [7, 11) is -3.88. The van der Waals surface area contributed by atoms with Crippen molar-refractivity contribution in [3.05, 3.63) is 102 Å². The highest BCUT2D eigenvalue weighted by Gasteiger charge is 2.41. The molecule has 1 atom stereocenters. The lowest BCUT2D eigenvalue weighted by Crippen LogP contribution is -2.37. The normalized spacial score (nSPS) is 13.4. The molecular formula is C22H18Cl2N2O2S. The Hall–Kier alpha value is -2.31. The Balaban J connectivity index is 1.86. The fourth-order valence-corrected chi connectivity index (χ4v) is 5.31. The van der Waals surface area contributed by atoms with Gasteiger partial charge in [0, 0.05) is 17.1 Å². The first-order chi connectivity index (χ1) is 13.9. The standard InChI is InChI=1S/C22H18Cl2N2O2S/c23-22(24,16-9-3-1-4-10-16)21(19-15-25-20-14-8-7-13-18(19)20)26-29(27,28)17-11-5-2-6-12-17/h1-15,21,25-26H. The monoisotopic (exact) mass is 444 g/mol. The summed E-state index contributed by atoms with van der Waals surface area (Å²) in [5.41, 5.74) is 2.12. The van der Waals surface area contributed by atoms with Gasteiger partial charge in [0.15, 0.2) is 4.33 Å². The van der Waals surface area contributed by atoms with E-state index in [1.54, 1.807) is 36.5 Å². The summed E-state index contributed by atoms with van der Waals surface area (Å²) in [4.78, 5) is 3.31. The summed E-state index contributed by atoms with van der Waals surface area (Å²) in [6.07, 6.45) is 1.74. The minimum atomic E-state index is -3.88. The molecule has 4 rings (SSSR count). The molecule has 148 valence electrons. The van der Waals surface area contributed by atoms with Crippen LogP contribution in [-0.2, 0) is 14.4 Å². The van der Waals surface area contributed by atoms with E-state index in [1.807, 2.05) is 42.5 Å². The molecule has 0 spiro atoms. The molecule has 1 unspecified atom stereocenters. The largest absolute Gasteiger partial charge is 0.361 e. The van der Waals surface area contributed by atoms with E-state index >= 15 is 0 Å². The number of rotatable bonds is 6. The molecule has 0 bridgehead atoms. The zero-order valence-electron chi connectivity index (χ0n) is 15.2. The number of benzene rings is 3. The number of fused-ring (bicyclic) bond motifs is 1. The molecule has 1 heterocycles. The van der Waals surface area contributed by atoms with Crippen LogP contribution in [0.2, 0.25) is 0 Å². The van der Waals surface area contributed by atoms with Gasteiger partial charge in [0.25, 0.3) is 0 Å². The number of aromatic nitrogens is 1. The van der Waals surface area contributed by atoms with Crippen LogP contribution in [0.3, 0.4) is 0 Å². The lowest BCUT2D eigenvalue weighted by Gasteiger charge is -2.31. The van der Waals surface area contributed by atoms with E-state index in [0.717, 1.165) is 10.9 Å². The molecule has 0 radical (unpaired) electrons. The van der Waals surface area contributed by atoms with Crippen LogP contribution in [0, 0.1) is 0 Å². The van der Waals surface area contributed by atoms with Crippen LogP contribution in [0.1, 0.15) is 17.2 Å². The third-order valence-electron chi connectivity index (χ3n) is 4.78. The maximum atomic E-state index is 13.1. The molecule has 1 aromatic heterocycles. The number of alkyl halides is 2. The van der Waals surface area contributed by atoms with Crippen molar-refractivity contribution in [2.75, 3.05) is 0 Å². The smallest absolute Gasteiger partial charge is 0.241 e. The summed E-state index contributed by atoms with van der Waals surface area (Å²) >= 11 is 13.7. The van der Waals surface area contributed by atoms with E-state index < -0.39 is 20.4 Å². The lowest BCUT2D eigenvalue weighted by molar-refractivity contribution is 0.535. The molecule has 29 heavy (non-hydrogen) atoms. The van der Waals surface area contributed by atoms with Crippen molar-refractivity contribution in [2.24, 2.45) is 0 Å². The summed E-state index contributed by atoms with van der Waals surface area (Å²) in [6, 6.07) is 23.8. The number of halogens is 2. The fraction of sp³-hybridized carbons (Fsp3) is 0.0909. The van der Waals surface area contributed by atoms with E-state index in [-0.39, 0.29) is 4.90 Å². The molecule has 0 aliphatic heterocycles. The molecule has 0 fully saturated rings. The average molecular weight is 445 g/mol. The van der Waals surface area contributed by atoms with Crippen molar-refractivity contribution >= 4 is 44.1 Å². The molecule has 0 aliphatic rings. The van der Waals surface area contributed by atoms with Gasteiger partial charge < -0.3 is 4.98 Å². The van der Waals surface area contributed by atoms with Gasteiger partial charge in [0.1, 0.15) is 0 Å². The van der Waals surface area contributed by atoms with Crippen molar-refractivity contribution < 1.29 is 8.42 Å². The van der Waals surface area contributed by atoms with Gasteiger partial charge in [0.05, 0.1) is 10.9 Å². The van der Waals surface area contributed by atoms with Gasteiger partial charge >= 0.3 is 0 Å². The molecule has 7 heteroatoms. The van der Waals surface area contributed by atoms with Gasteiger partial charge in [-0.3, -0.25) is 0 Å². The second kappa shape index (κ2) is 7.84. The van der Waals surface area contributed by atoms with Crippen LogP contribution in [0.15, 0.2) is 96.0 Å². The van der Waals surface area contributed by atoms with Crippen LogP contribution in [0.4, 0.5) is 0 Å². The molecule has 4 nitrogen and oxygen atoms in total.